The smallest absolute Gasteiger partial charge is 0.409 e. The lowest BCUT2D eigenvalue weighted by Crippen LogP contribution is -2.63. The first-order valence-corrected chi connectivity index (χ1v) is 31.6. The number of benzene rings is 2. The number of nitrogens with zero attached hydrogens (tertiary/aromatic N) is 3. The summed E-state index contributed by atoms with van der Waals surface area (Å²) in [7, 11) is 5.66. The summed E-state index contributed by atoms with van der Waals surface area (Å²) in [6.45, 7) is 12.6. The van der Waals surface area contributed by atoms with Crippen molar-refractivity contribution in [2.45, 2.75) is 154 Å². The van der Waals surface area contributed by atoms with Crippen molar-refractivity contribution in [2.24, 2.45) is 17.6 Å². The minimum Gasteiger partial charge on any atom is -0.497 e. The Morgan fingerprint density at radius 3 is 2.29 bits per heavy atom. The number of allylic oxidation sites excluding steroid dienone is 3. The van der Waals surface area contributed by atoms with Crippen LogP contribution >= 0.6 is 23.8 Å². The van der Waals surface area contributed by atoms with E-state index in [-0.39, 0.29) is 100 Å². The molecule has 9 amide bonds. The molecule has 94 heavy (non-hydrogen) atoms. The van der Waals surface area contributed by atoms with E-state index in [9.17, 15) is 53.1 Å². The van der Waals surface area contributed by atoms with Crippen LogP contribution in [0, 0.1) is 18.8 Å². The second kappa shape index (κ2) is 33.9. The number of epoxide rings is 1. The van der Waals surface area contributed by atoms with Crippen molar-refractivity contribution in [3.63, 3.8) is 0 Å². The number of likely N-dealkylation sites (N-methyl/N-ethyl adjacent to an activating group) is 1. The summed E-state index contributed by atoms with van der Waals surface area (Å²) < 4.78 is 40.5. The van der Waals surface area contributed by atoms with Crippen molar-refractivity contribution in [3.05, 3.63) is 75.8 Å². The highest BCUT2D eigenvalue weighted by atomic mass is 35.5. The zero-order valence-electron chi connectivity index (χ0n) is 54.7. The first kappa shape index (κ1) is 75.0. The molecule has 29 nitrogen and oxygen atoms in total. The number of imide groups is 1. The van der Waals surface area contributed by atoms with Crippen LogP contribution in [0.1, 0.15) is 108 Å². The average Bonchev–Trinajstić information content (AvgIpc) is 1.57. The van der Waals surface area contributed by atoms with E-state index in [4.69, 9.17) is 67.5 Å². The molecule has 4 bridgehead atoms. The number of carbonyl (C=O) groups is 10. The number of anilines is 2. The number of primary amides is 1. The van der Waals surface area contributed by atoms with E-state index in [1.165, 1.54) is 51.3 Å². The van der Waals surface area contributed by atoms with Crippen LogP contribution in [0.2, 0.25) is 5.02 Å². The van der Waals surface area contributed by atoms with Crippen LogP contribution in [0.15, 0.2) is 54.1 Å². The number of rotatable bonds is 26. The second-order valence-electron chi connectivity index (χ2n) is 24.0. The Morgan fingerprint density at radius 2 is 1.63 bits per heavy atom. The van der Waals surface area contributed by atoms with Crippen LogP contribution in [0.5, 0.6) is 5.75 Å². The summed E-state index contributed by atoms with van der Waals surface area (Å²) in [4.78, 5) is 140. The van der Waals surface area contributed by atoms with E-state index in [1.807, 2.05) is 26.0 Å². The molecule has 516 valence electrons. The molecule has 4 aliphatic heterocycles. The molecule has 4 aliphatic rings. The van der Waals surface area contributed by atoms with Gasteiger partial charge >= 0.3 is 24.1 Å². The summed E-state index contributed by atoms with van der Waals surface area (Å²) in [6.07, 6.45) is -0.128. The van der Waals surface area contributed by atoms with Crippen molar-refractivity contribution < 1.29 is 91.0 Å². The molecule has 0 unspecified atom stereocenters. The molecule has 0 radical (unpaired) electrons. The van der Waals surface area contributed by atoms with E-state index < -0.39 is 132 Å². The molecular weight excluding hydrogens is 1270 g/mol. The quantitative estimate of drug-likeness (QED) is 0.0219. The Morgan fingerprint density at radius 1 is 0.936 bits per heavy atom. The normalized spacial score (nSPS) is 24.0. The number of aryl methyl sites for hydroxylation is 1. The molecule has 10 atom stereocenters. The Hall–Kier alpha value is -8.00. The highest BCUT2D eigenvalue weighted by Crippen LogP contribution is 2.49. The lowest BCUT2D eigenvalue weighted by atomic mass is 9.83. The van der Waals surface area contributed by atoms with Crippen LogP contribution in [-0.2, 0) is 73.2 Å². The number of hydroxylamine groups is 2. The first-order valence-electron chi connectivity index (χ1n) is 30.8. The van der Waals surface area contributed by atoms with Gasteiger partial charge in [-0.3, -0.25) is 34.1 Å². The van der Waals surface area contributed by atoms with Gasteiger partial charge in [-0.05, 0) is 94.4 Å². The third-order valence-electron chi connectivity index (χ3n) is 16.6. The van der Waals surface area contributed by atoms with E-state index in [0.29, 0.717) is 27.8 Å². The number of thiocarbonyl (C=S) groups is 1. The molecule has 3 saturated heterocycles. The molecule has 0 spiro atoms. The maximum Gasteiger partial charge on any atom is 0.409 e. The fraction of sp³-hybridized carbons (Fsp3) is 0.571. The third kappa shape index (κ3) is 20.0. The number of fused-ring (bicyclic) bond motifs is 5. The molecule has 9 N–H and O–H groups in total. The van der Waals surface area contributed by atoms with Gasteiger partial charge in [0.05, 0.1) is 74.4 Å². The van der Waals surface area contributed by atoms with Crippen molar-refractivity contribution in [3.8, 4) is 5.75 Å². The van der Waals surface area contributed by atoms with E-state index in [1.54, 1.807) is 53.0 Å². The number of methoxy groups -OCH3 is 2. The second-order valence-corrected chi connectivity index (χ2v) is 24.8. The molecule has 2 aromatic carbocycles. The molecular formula is C63H87ClN10O19S. The minimum absolute atomic E-state index is 0.0192. The highest BCUT2D eigenvalue weighted by Gasteiger charge is 2.64. The average molecular weight is 1360 g/mol. The lowest BCUT2D eigenvalue weighted by Gasteiger charge is -2.42. The van der Waals surface area contributed by atoms with Gasteiger partial charge in [-0.2, -0.15) is 0 Å². The van der Waals surface area contributed by atoms with Gasteiger partial charge in [0.15, 0.2) is 10.8 Å². The number of nitrogens with two attached hydrogens (primary N) is 1. The van der Waals surface area contributed by atoms with Crippen molar-refractivity contribution in [1.29, 1.82) is 0 Å². The standard InChI is InChI=1S/C63H87ClN10O19S/c1-34(2)53(70-60(94)67-23-25-89-27-26-88-24-21-51(78)93-74-48(75)19-20-49(74)76)56(80)68-42(15-13-22-66-59(65)83)55(79)69-43-31-40(86-10)17-18-41(43)57(81)72(8)38(6)58(82)91-47-32-50(77)73(9)44-30-39(29-36(4)52(44)64)28-35(3)14-12-16-46(87-11)63(85)33-45(90-61(84)71-63)37(5)54-62(47,7)92-54/h12,14,16-18,29-31,34,37-38,42,45-47,53-54,85H,13,15,19-28,32-33H2,1-11H3,(H,68,80)(H,69,79)(H,71,84)(H3,65,66,83)(H2,67,70,94)/b16-12+,35-14+/t37-,38+,42+,45+,46-,47+,53+,54+,62+,63+/m1/s1. The number of amides is 9. The van der Waals surface area contributed by atoms with E-state index in [2.05, 4.69) is 31.9 Å². The summed E-state index contributed by atoms with van der Waals surface area (Å²) in [5, 5.41) is 29.3. The number of urea groups is 1. The summed E-state index contributed by atoms with van der Waals surface area (Å²) in [5.74, 6) is -6.46. The Kier molecular flexibility index (Phi) is 27.1. The van der Waals surface area contributed by atoms with Crippen LogP contribution in [0.3, 0.4) is 0 Å². The number of hydrogen-bond donors (Lipinski definition) is 8. The van der Waals surface area contributed by atoms with Crippen LogP contribution < -0.4 is 47.3 Å². The fourth-order valence-corrected chi connectivity index (χ4v) is 11.3. The molecule has 31 heteroatoms. The van der Waals surface area contributed by atoms with Crippen molar-refractivity contribution in [2.75, 3.05) is 78.0 Å². The van der Waals surface area contributed by atoms with E-state index in [0.717, 1.165) is 16.0 Å². The Labute approximate surface area is 556 Å². The van der Waals surface area contributed by atoms with E-state index >= 15 is 0 Å². The fourth-order valence-electron chi connectivity index (χ4n) is 10.9. The summed E-state index contributed by atoms with van der Waals surface area (Å²) in [5.41, 5.74) is 4.62. The zero-order valence-corrected chi connectivity index (χ0v) is 56.3. The number of carbonyl (C=O) groups excluding carboxylic acids is 10. The molecule has 0 aliphatic carbocycles. The van der Waals surface area contributed by atoms with Gasteiger partial charge < -0.3 is 85.2 Å². The number of aliphatic hydroxyl groups is 1. The minimum atomic E-state index is -1.93. The molecule has 4 heterocycles. The summed E-state index contributed by atoms with van der Waals surface area (Å²) in [6, 6.07) is 3.46. The SMILES string of the molecule is COc1ccc(C(=O)N(C)[C@@H](C)C(=O)O[C@H]2CC(=O)N(C)c3cc(cc(C)c3Cl)C/C(C)=C/C=C/[C@@H](OC)[C@@]3(O)C[C@H](OC(=O)N3)[C@@H](C)[C@@H]3O[C@@]23C)c(NC(=O)[C@H](CCCNC(N)=O)NC(=O)[C@@H](NC(=S)NCCOCCOCCC(=O)ON2C(=O)CCC2=O)C(C)C)c1. The summed E-state index contributed by atoms with van der Waals surface area (Å²) >= 11 is 12.4. The largest absolute Gasteiger partial charge is 0.497 e. The van der Waals surface area contributed by atoms with Gasteiger partial charge in [-0.1, -0.05) is 62.2 Å². The molecule has 3 fully saturated rings. The van der Waals surface area contributed by atoms with Gasteiger partial charge in [-0.25, -0.2) is 19.2 Å². The molecule has 2 aromatic rings. The first-order chi connectivity index (χ1) is 44.4. The highest BCUT2D eigenvalue weighted by molar-refractivity contribution is 7.80. The van der Waals surface area contributed by atoms with Crippen LogP contribution in [0.25, 0.3) is 0 Å². The topological polar surface area (TPSA) is 376 Å². The number of alkyl carbamates (subject to hydrolysis) is 1. The van der Waals surface area contributed by atoms with Crippen molar-refractivity contribution >= 4 is 99.8 Å². The lowest BCUT2D eigenvalue weighted by molar-refractivity contribution is -0.198. The Bertz CT molecular complexity index is 3210. The number of esters is 1. The zero-order chi connectivity index (χ0) is 69.4. The van der Waals surface area contributed by atoms with Gasteiger partial charge in [0.25, 0.3) is 17.7 Å². The third-order valence-corrected chi connectivity index (χ3v) is 17.3. The molecule has 6 rings (SSSR count). The maximum absolute atomic E-state index is 14.7. The van der Waals surface area contributed by atoms with Crippen LogP contribution in [-0.4, -0.2) is 201 Å². The monoisotopic (exact) mass is 1350 g/mol. The predicted octanol–water partition coefficient (Wildman–Crippen LogP) is 3.53. The Balaban J connectivity index is 1.14. The maximum atomic E-state index is 14.7. The van der Waals surface area contributed by atoms with Gasteiger partial charge in [-0.15, -0.1) is 5.06 Å². The van der Waals surface area contributed by atoms with Crippen LogP contribution in [0.4, 0.5) is 21.0 Å². The molecule has 0 aromatic heterocycles. The number of nitrogens with one attached hydrogen (secondary N) is 6. The predicted molar refractivity (Wildman–Crippen MR) is 345 cm³/mol. The number of hydrogen-bond acceptors (Lipinski definition) is 20. The van der Waals surface area contributed by atoms with Crippen molar-refractivity contribution in [1.82, 2.24) is 36.5 Å². The van der Waals surface area contributed by atoms with Gasteiger partial charge in [0.2, 0.25) is 17.7 Å². The van der Waals surface area contributed by atoms with Gasteiger partial charge in [0.1, 0.15) is 47.8 Å². The van der Waals surface area contributed by atoms with Gasteiger partial charge in [0, 0.05) is 65.5 Å². The number of ether oxygens (including phenoxy) is 7. The molecule has 0 saturated carbocycles. The number of halogens is 1.